The van der Waals surface area contributed by atoms with Crippen LogP contribution < -0.4 is 9.80 Å². The molecule has 8 rings (SSSR count). The van der Waals surface area contributed by atoms with Gasteiger partial charge in [-0.25, -0.2) is 0 Å². The first-order chi connectivity index (χ1) is 23.6. The van der Waals surface area contributed by atoms with Gasteiger partial charge < -0.3 is 29.1 Å². The summed E-state index contributed by atoms with van der Waals surface area (Å²) in [4.78, 5) is 4.95. The molecule has 252 valence electrons. The first-order valence-electron chi connectivity index (χ1n) is 17.8. The van der Waals surface area contributed by atoms with Gasteiger partial charge in [0, 0.05) is 112 Å². The summed E-state index contributed by atoms with van der Waals surface area (Å²) >= 11 is 0. The molecule has 0 saturated heterocycles. The lowest BCUT2D eigenvalue weighted by Gasteiger charge is -2.32. The summed E-state index contributed by atoms with van der Waals surface area (Å²) in [5, 5.41) is 25.1. The van der Waals surface area contributed by atoms with Gasteiger partial charge in [-0.1, -0.05) is 76.2 Å². The van der Waals surface area contributed by atoms with Crippen LogP contribution in [0.25, 0.3) is 43.6 Å². The molecule has 2 aliphatic heterocycles. The summed E-state index contributed by atoms with van der Waals surface area (Å²) in [5.74, 6) is 0. The minimum Gasteiger partial charge on any atom is -0.396 e. The van der Waals surface area contributed by atoms with E-state index in [0.29, 0.717) is 12.8 Å². The molecule has 0 saturated carbocycles. The fourth-order valence-electron chi connectivity index (χ4n) is 9.38. The smallest absolute Gasteiger partial charge is 0.0568 e. The SMILES string of the molecule is Cn1c2ccccc2c2c3c(ccc21)N(CCCO)/C(=C/C=C/C1N(CCCO)c2ccc4c(c2C1(C)C)c1ccccc1n4C)C3(C)C. The number of aliphatic hydroxyl groups excluding tert-OH is 2. The normalized spacial score (nSPS) is 19.1. The molecule has 2 aliphatic rings. The number of aryl methyl sites for hydroxylation is 2. The number of benzene rings is 4. The van der Waals surface area contributed by atoms with Crippen LogP contribution in [0.15, 0.2) is 96.7 Å². The summed E-state index contributed by atoms with van der Waals surface area (Å²) < 4.78 is 4.63. The maximum Gasteiger partial charge on any atom is 0.0568 e. The van der Waals surface area contributed by atoms with Crippen LogP contribution in [0.4, 0.5) is 11.4 Å². The van der Waals surface area contributed by atoms with Crippen molar-refractivity contribution in [2.45, 2.75) is 57.4 Å². The number of para-hydroxylation sites is 2. The summed E-state index contributed by atoms with van der Waals surface area (Å²) in [5.41, 5.74) is 11.1. The van der Waals surface area contributed by atoms with Crippen LogP contribution in [0.1, 0.15) is 51.7 Å². The minimum absolute atomic E-state index is 0.109. The highest BCUT2D eigenvalue weighted by Gasteiger charge is 2.45. The zero-order valence-corrected chi connectivity index (χ0v) is 29.7. The van der Waals surface area contributed by atoms with Crippen molar-refractivity contribution < 1.29 is 10.2 Å². The molecule has 4 heterocycles. The molecule has 4 aromatic carbocycles. The van der Waals surface area contributed by atoms with Gasteiger partial charge in [-0.2, -0.15) is 0 Å². The summed E-state index contributed by atoms with van der Waals surface area (Å²) in [7, 11) is 4.33. The second-order valence-electron chi connectivity index (χ2n) is 15.1. The summed E-state index contributed by atoms with van der Waals surface area (Å²) in [6.07, 6.45) is 8.40. The fourth-order valence-corrected chi connectivity index (χ4v) is 9.38. The summed E-state index contributed by atoms with van der Waals surface area (Å²) in [6.45, 7) is 11.3. The second kappa shape index (κ2) is 11.5. The molecule has 49 heavy (non-hydrogen) atoms. The van der Waals surface area contributed by atoms with Crippen molar-refractivity contribution in [2.24, 2.45) is 14.1 Å². The van der Waals surface area contributed by atoms with Gasteiger partial charge in [-0.05, 0) is 66.4 Å². The van der Waals surface area contributed by atoms with Crippen molar-refractivity contribution in [1.82, 2.24) is 9.13 Å². The van der Waals surface area contributed by atoms with Crippen LogP contribution in [0.5, 0.6) is 0 Å². The maximum atomic E-state index is 9.93. The molecule has 0 radical (unpaired) electrons. The minimum atomic E-state index is -0.251. The lowest BCUT2D eigenvalue weighted by atomic mass is 9.78. The van der Waals surface area contributed by atoms with Crippen LogP contribution in [-0.2, 0) is 24.9 Å². The first kappa shape index (κ1) is 31.7. The Bertz CT molecular complexity index is 2320. The zero-order valence-electron chi connectivity index (χ0n) is 29.7. The molecule has 1 atom stereocenters. The monoisotopic (exact) mass is 652 g/mol. The molecule has 2 N–H and O–H groups in total. The van der Waals surface area contributed by atoms with E-state index in [1.807, 2.05) is 0 Å². The Hall–Kier alpha value is -4.52. The third kappa shape index (κ3) is 4.46. The third-order valence-corrected chi connectivity index (χ3v) is 11.6. The van der Waals surface area contributed by atoms with E-state index in [1.54, 1.807) is 0 Å². The first-order valence-corrected chi connectivity index (χ1v) is 17.8. The maximum absolute atomic E-state index is 9.93. The quantitative estimate of drug-likeness (QED) is 0.173. The Kier molecular flexibility index (Phi) is 7.47. The molecule has 6 nitrogen and oxygen atoms in total. The molecule has 0 amide bonds. The highest BCUT2D eigenvalue weighted by molar-refractivity contribution is 6.13. The van der Waals surface area contributed by atoms with E-state index >= 15 is 0 Å². The Morgan fingerprint density at radius 1 is 0.653 bits per heavy atom. The van der Waals surface area contributed by atoms with E-state index < -0.39 is 0 Å². The Balaban J connectivity index is 1.26. The fraction of sp³-hybridized carbons (Fsp3) is 0.349. The van der Waals surface area contributed by atoms with Gasteiger partial charge in [0.15, 0.2) is 0 Å². The van der Waals surface area contributed by atoms with Gasteiger partial charge in [0.2, 0.25) is 0 Å². The number of allylic oxidation sites excluding steroid dienone is 3. The number of anilines is 2. The molecule has 0 fully saturated rings. The molecule has 6 aromatic rings. The molecule has 6 heteroatoms. The van der Waals surface area contributed by atoms with Crippen molar-refractivity contribution in [3.05, 3.63) is 108 Å². The zero-order chi connectivity index (χ0) is 34.2. The van der Waals surface area contributed by atoms with Crippen molar-refractivity contribution in [2.75, 3.05) is 36.1 Å². The second-order valence-corrected chi connectivity index (χ2v) is 15.1. The highest BCUT2D eigenvalue weighted by atomic mass is 16.3. The molecule has 2 aromatic heterocycles. The average molecular weight is 653 g/mol. The number of aromatic nitrogens is 2. The average Bonchev–Trinajstić information content (AvgIpc) is 3.71. The molecular weight excluding hydrogens is 604 g/mol. The molecule has 0 bridgehead atoms. The van der Waals surface area contributed by atoms with Gasteiger partial charge in [0.25, 0.3) is 0 Å². The van der Waals surface area contributed by atoms with Gasteiger partial charge in [-0.3, -0.25) is 0 Å². The van der Waals surface area contributed by atoms with Crippen LogP contribution in [-0.4, -0.2) is 51.7 Å². The largest absolute Gasteiger partial charge is 0.396 e. The predicted octanol–water partition coefficient (Wildman–Crippen LogP) is 8.45. The number of nitrogens with zero attached hydrogens (tertiary/aromatic N) is 4. The standard InChI is InChI=1S/C43H48N4O2/c1-42(2)36(46(24-12-26-48)34-22-20-32-38(40(34)42)28-14-7-9-16-30(28)44(32)5)18-11-19-37-43(3,4)41-35(47(37)25-13-27-49)23-21-33-39(41)29-15-8-10-17-31(29)45(33)6/h7-11,14-23,36,48-49H,12-13,24-27H2,1-6H3/b18-11+,37-19+. The molecular formula is C43H48N4O2. The number of hydrogen-bond acceptors (Lipinski definition) is 4. The Labute approximate surface area is 289 Å². The van der Waals surface area contributed by atoms with E-state index in [4.69, 9.17) is 0 Å². The lowest BCUT2D eigenvalue weighted by molar-refractivity contribution is 0.287. The number of aliphatic hydroxyl groups is 2. The number of fused-ring (bicyclic) bond motifs is 10. The number of rotatable bonds is 8. The Morgan fingerprint density at radius 2 is 1.20 bits per heavy atom. The van der Waals surface area contributed by atoms with Gasteiger partial charge in [-0.15, -0.1) is 0 Å². The third-order valence-electron chi connectivity index (χ3n) is 11.6. The van der Waals surface area contributed by atoms with E-state index in [2.05, 4.69) is 152 Å². The molecule has 1 unspecified atom stereocenters. The van der Waals surface area contributed by atoms with Crippen molar-refractivity contribution in [1.29, 1.82) is 0 Å². The van der Waals surface area contributed by atoms with E-state index in [9.17, 15) is 10.2 Å². The molecule has 0 spiro atoms. The van der Waals surface area contributed by atoms with Crippen LogP contribution in [0, 0.1) is 0 Å². The van der Waals surface area contributed by atoms with Gasteiger partial charge in [0.05, 0.1) is 6.04 Å². The van der Waals surface area contributed by atoms with Crippen LogP contribution in [0.3, 0.4) is 0 Å². The van der Waals surface area contributed by atoms with E-state index in [-0.39, 0.29) is 30.1 Å². The Morgan fingerprint density at radius 3 is 1.82 bits per heavy atom. The van der Waals surface area contributed by atoms with Gasteiger partial charge >= 0.3 is 0 Å². The van der Waals surface area contributed by atoms with Gasteiger partial charge in [0.1, 0.15) is 0 Å². The van der Waals surface area contributed by atoms with Crippen molar-refractivity contribution in [3.8, 4) is 0 Å². The summed E-state index contributed by atoms with van der Waals surface area (Å²) in [6, 6.07) is 26.7. The topological polar surface area (TPSA) is 56.8 Å². The lowest BCUT2D eigenvalue weighted by Crippen LogP contribution is -2.40. The van der Waals surface area contributed by atoms with Crippen LogP contribution in [0.2, 0.25) is 0 Å². The molecule has 0 aliphatic carbocycles. The van der Waals surface area contributed by atoms with Crippen molar-refractivity contribution >= 4 is 55.0 Å². The number of hydrogen-bond donors (Lipinski definition) is 2. The van der Waals surface area contributed by atoms with Crippen LogP contribution >= 0.6 is 0 Å². The van der Waals surface area contributed by atoms with E-state index in [1.165, 1.54) is 71.8 Å². The van der Waals surface area contributed by atoms with Crippen molar-refractivity contribution in [3.63, 3.8) is 0 Å². The predicted molar refractivity (Wildman–Crippen MR) is 206 cm³/mol. The van der Waals surface area contributed by atoms with E-state index in [0.717, 1.165) is 13.1 Å². The highest BCUT2D eigenvalue weighted by Crippen LogP contribution is 2.53.